The molecule has 5 rings (SSSR count). The summed E-state index contributed by atoms with van der Waals surface area (Å²) in [6.45, 7) is 2.82. The minimum absolute atomic E-state index is 0.0510. The van der Waals surface area contributed by atoms with Gasteiger partial charge in [-0.1, -0.05) is 36.4 Å². The predicted molar refractivity (Wildman–Crippen MR) is 107 cm³/mol. The standard InChI is InChI=1S/C23H24FN3O2/c1-15-9-10-19-25-20(21(24)27(19)12-15)22(28)26-13-16-6-5-11-23(29,18(16)14-26)17-7-3-2-4-8-17/h2-4,7-10,12,16,18,29H,5-6,11,13-14H2,1H3/t16-,18+,23+/m1/s1. The summed E-state index contributed by atoms with van der Waals surface area (Å²) in [7, 11) is 0. The molecule has 3 atom stereocenters. The topological polar surface area (TPSA) is 57.8 Å². The van der Waals surface area contributed by atoms with Gasteiger partial charge in [-0.15, -0.1) is 0 Å². The number of hydrogen-bond acceptors (Lipinski definition) is 3. The van der Waals surface area contributed by atoms with Gasteiger partial charge in [0.25, 0.3) is 5.91 Å². The van der Waals surface area contributed by atoms with Gasteiger partial charge in [0, 0.05) is 25.2 Å². The van der Waals surface area contributed by atoms with Crippen molar-refractivity contribution in [3.8, 4) is 0 Å². The quantitative estimate of drug-likeness (QED) is 0.725. The van der Waals surface area contributed by atoms with Gasteiger partial charge in [0.05, 0.1) is 5.60 Å². The van der Waals surface area contributed by atoms with Crippen LogP contribution >= 0.6 is 0 Å². The molecule has 1 saturated heterocycles. The molecule has 6 heteroatoms. The highest BCUT2D eigenvalue weighted by Gasteiger charge is 2.51. The second kappa shape index (κ2) is 6.66. The first-order valence-electron chi connectivity index (χ1n) is 10.2. The number of carbonyl (C=O) groups is 1. The molecule has 1 saturated carbocycles. The maximum absolute atomic E-state index is 14.9. The number of hydrogen-bond donors (Lipinski definition) is 1. The number of halogens is 1. The Morgan fingerprint density at radius 1 is 1.21 bits per heavy atom. The van der Waals surface area contributed by atoms with Crippen LogP contribution in [0, 0.1) is 24.7 Å². The fourth-order valence-corrected chi connectivity index (χ4v) is 5.18. The molecule has 0 bridgehead atoms. The van der Waals surface area contributed by atoms with E-state index in [1.807, 2.05) is 43.3 Å². The van der Waals surface area contributed by atoms with Crippen LogP contribution in [0.3, 0.4) is 0 Å². The molecule has 0 unspecified atom stereocenters. The minimum atomic E-state index is -0.951. The van der Waals surface area contributed by atoms with E-state index in [9.17, 15) is 14.3 Å². The third-order valence-electron chi connectivity index (χ3n) is 6.66. The zero-order chi connectivity index (χ0) is 20.2. The summed E-state index contributed by atoms with van der Waals surface area (Å²) in [6.07, 6.45) is 4.21. The highest BCUT2D eigenvalue weighted by atomic mass is 19.1. The van der Waals surface area contributed by atoms with E-state index < -0.39 is 17.5 Å². The Morgan fingerprint density at radius 3 is 2.79 bits per heavy atom. The first-order chi connectivity index (χ1) is 14.0. The number of nitrogens with zero attached hydrogens (tertiary/aromatic N) is 3. The molecule has 1 N–H and O–H groups in total. The van der Waals surface area contributed by atoms with Gasteiger partial charge >= 0.3 is 0 Å². The van der Waals surface area contributed by atoms with Crippen molar-refractivity contribution in [2.45, 2.75) is 31.8 Å². The van der Waals surface area contributed by atoms with Gasteiger partial charge in [0.2, 0.25) is 5.95 Å². The normalized spacial score (nSPS) is 26.7. The van der Waals surface area contributed by atoms with Crippen molar-refractivity contribution in [3.63, 3.8) is 0 Å². The zero-order valence-electron chi connectivity index (χ0n) is 16.4. The average molecular weight is 393 g/mol. The van der Waals surface area contributed by atoms with Crippen LogP contribution in [-0.4, -0.2) is 38.4 Å². The fraction of sp³-hybridized carbons (Fsp3) is 0.391. The Morgan fingerprint density at radius 2 is 2.00 bits per heavy atom. The molecular formula is C23H24FN3O2. The number of amides is 1. The Hall–Kier alpha value is -2.73. The maximum Gasteiger partial charge on any atom is 0.277 e. The van der Waals surface area contributed by atoms with E-state index in [0.717, 1.165) is 24.0 Å². The van der Waals surface area contributed by atoms with Gasteiger partial charge < -0.3 is 10.0 Å². The first kappa shape index (κ1) is 18.3. The molecule has 0 radical (unpaired) electrons. The summed E-state index contributed by atoms with van der Waals surface area (Å²) >= 11 is 0. The highest BCUT2D eigenvalue weighted by molar-refractivity contribution is 5.93. The van der Waals surface area contributed by atoms with E-state index in [1.165, 1.54) is 4.40 Å². The monoisotopic (exact) mass is 393 g/mol. The van der Waals surface area contributed by atoms with Crippen molar-refractivity contribution in [3.05, 3.63) is 71.4 Å². The molecule has 1 amide bonds. The number of carbonyl (C=O) groups excluding carboxylic acids is 1. The van der Waals surface area contributed by atoms with E-state index >= 15 is 0 Å². The Bertz CT molecular complexity index is 1080. The molecule has 1 aliphatic heterocycles. The third-order valence-corrected chi connectivity index (χ3v) is 6.66. The van der Waals surface area contributed by atoms with E-state index in [1.54, 1.807) is 17.2 Å². The third kappa shape index (κ3) is 2.85. The number of likely N-dealkylation sites (tertiary alicyclic amines) is 1. The molecule has 150 valence electrons. The SMILES string of the molecule is Cc1ccc2nc(C(=O)N3C[C@H]4CCC[C@](O)(c5ccccc5)[C@H]4C3)c(F)n2c1. The van der Waals surface area contributed by atoms with E-state index in [-0.39, 0.29) is 17.5 Å². The van der Waals surface area contributed by atoms with Gasteiger partial charge in [-0.05, 0) is 49.3 Å². The van der Waals surface area contributed by atoms with Gasteiger partial charge in [0.15, 0.2) is 5.69 Å². The largest absolute Gasteiger partial charge is 0.385 e. The van der Waals surface area contributed by atoms with Crippen molar-refractivity contribution in [2.75, 3.05) is 13.1 Å². The molecule has 3 heterocycles. The van der Waals surface area contributed by atoms with Crippen molar-refractivity contribution in [1.82, 2.24) is 14.3 Å². The van der Waals surface area contributed by atoms with E-state index in [4.69, 9.17) is 0 Å². The van der Waals surface area contributed by atoms with Crippen LogP contribution in [0.2, 0.25) is 0 Å². The van der Waals surface area contributed by atoms with Crippen LogP contribution in [0.25, 0.3) is 5.65 Å². The summed E-state index contributed by atoms with van der Waals surface area (Å²) in [6, 6.07) is 13.3. The Balaban J connectivity index is 1.45. The second-order valence-electron chi connectivity index (χ2n) is 8.45. The van der Waals surface area contributed by atoms with Crippen molar-refractivity contribution in [1.29, 1.82) is 0 Å². The molecule has 2 aliphatic rings. The molecule has 29 heavy (non-hydrogen) atoms. The number of pyridine rings is 1. The molecule has 0 spiro atoms. The maximum atomic E-state index is 14.9. The molecule has 1 aromatic carbocycles. The highest BCUT2D eigenvalue weighted by Crippen LogP contribution is 2.48. The fourth-order valence-electron chi connectivity index (χ4n) is 5.18. The lowest BCUT2D eigenvalue weighted by Crippen LogP contribution is -2.43. The zero-order valence-corrected chi connectivity index (χ0v) is 16.4. The van der Waals surface area contributed by atoms with Crippen LogP contribution in [-0.2, 0) is 5.60 Å². The lowest BCUT2D eigenvalue weighted by molar-refractivity contribution is -0.0644. The van der Waals surface area contributed by atoms with Crippen LogP contribution in [0.1, 0.15) is 40.9 Å². The average Bonchev–Trinajstić information content (AvgIpc) is 3.31. The number of aryl methyl sites for hydroxylation is 1. The summed E-state index contributed by atoms with van der Waals surface area (Å²) in [4.78, 5) is 19.1. The van der Waals surface area contributed by atoms with Crippen molar-refractivity contribution < 1.29 is 14.3 Å². The van der Waals surface area contributed by atoms with Crippen LogP contribution in [0.5, 0.6) is 0 Å². The van der Waals surface area contributed by atoms with Gasteiger partial charge in [-0.3, -0.25) is 9.20 Å². The number of imidazole rings is 1. The molecular weight excluding hydrogens is 369 g/mol. The van der Waals surface area contributed by atoms with E-state index in [0.29, 0.717) is 25.2 Å². The summed E-state index contributed by atoms with van der Waals surface area (Å²) < 4.78 is 16.2. The smallest absolute Gasteiger partial charge is 0.277 e. The second-order valence-corrected chi connectivity index (χ2v) is 8.45. The molecule has 2 fully saturated rings. The molecule has 1 aliphatic carbocycles. The van der Waals surface area contributed by atoms with Crippen LogP contribution in [0.15, 0.2) is 48.7 Å². The number of benzene rings is 1. The Kier molecular flexibility index (Phi) is 4.21. The summed E-state index contributed by atoms with van der Waals surface area (Å²) in [5.74, 6) is -0.860. The van der Waals surface area contributed by atoms with Gasteiger partial charge in [0.1, 0.15) is 5.65 Å². The van der Waals surface area contributed by atoms with Crippen molar-refractivity contribution in [2.24, 2.45) is 11.8 Å². The first-order valence-corrected chi connectivity index (χ1v) is 10.2. The lowest BCUT2D eigenvalue weighted by atomic mass is 9.67. The number of rotatable bonds is 2. The number of aromatic nitrogens is 2. The van der Waals surface area contributed by atoms with Crippen LogP contribution in [0.4, 0.5) is 4.39 Å². The van der Waals surface area contributed by atoms with E-state index in [2.05, 4.69) is 4.98 Å². The number of aliphatic hydroxyl groups is 1. The number of fused-ring (bicyclic) bond motifs is 2. The van der Waals surface area contributed by atoms with Crippen molar-refractivity contribution >= 4 is 11.6 Å². The van der Waals surface area contributed by atoms with Crippen LogP contribution < -0.4 is 0 Å². The van der Waals surface area contributed by atoms with Gasteiger partial charge in [-0.25, -0.2) is 4.98 Å². The molecule has 3 aromatic rings. The minimum Gasteiger partial charge on any atom is -0.385 e. The van der Waals surface area contributed by atoms with Gasteiger partial charge in [-0.2, -0.15) is 4.39 Å². The lowest BCUT2D eigenvalue weighted by Gasteiger charge is -2.41. The molecule has 5 nitrogen and oxygen atoms in total. The Labute approximate surface area is 168 Å². The predicted octanol–water partition coefficient (Wildman–Crippen LogP) is 3.54. The summed E-state index contributed by atoms with van der Waals surface area (Å²) in [5, 5.41) is 11.6. The molecule has 2 aromatic heterocycles. The summed E-state index contributed by atoms with van der Waals surface area (Å²) in [5.41, 5.74) is 1.13.